The van der Waals surface area contributed by atoms with Crippen LogP contribution in [0, 0.1) is 5.92 Å². The van der Waals surface area contributed by atoms with Crippen molar-refractivity contribution in [1.82, 2.24) is 5.32 Å². The van der Waals surface area contributed by atoms with Crippen LogP contribution in [0.2, 0.25) is 0 Å². The van der Waals surface area contributed by atoms with Crippen molar-refractivity contribution in [3.05, 3.63) is 21.9 Å². The molecule has 2 unspecified atom stereocenters. The zero-order valence-corrected chi connectivity index (χ0v) is 10.9. The molecule has 0 aliphatic heterocycles. The van der Waals surface area contributed by atoms with Crippen molar-refractivity contribution < 1.29 is 0 Å². The maximum atomic E-state index is 3.58. The molecule has 88 valence electrons. The van der Waals surface area contributed by atoms with Gasteiger partial charge in [0.15, 0.2) is 0 Å². The molecule has 1 saturated carbocycles. The van der Waals surface area contributed by atoms with Crippen LogP contribution in [0.25, 0.3) is 0 Å². The van der Waals surface area contributed by atoms with E-state index in [0.717, 1.165) is 17.9 Å². The highest BCUT2D eigenvalue weighted by Gasteiger charge is 2.32. The van der Waals surface area contributed by atoms with Crippen molar-refractivity contribution in [1.29, 1.82) is 0 Å². The van der Waals surface area contributed by atoms with Gasteiger partial charge in [0, 0.05) is 16.8 Å². The quantitative estimate of drug-likeness (QED) is 0.841. The molecule has 1 fully saturated rings. The molecule has 1 aromatic heterocycles. The molecule has 3 rings (SSSR count). The third-order valence-electron chi connectivity index (χ3n) is 4.24. The van der Waals surface area contributed by atoms with Gasteiger partial charge in [-0.3, -0.25) is 0 Å². The fourth-order valence-corrected chi connectivity index (χ4v) is 4.13. The fourth-order valence-electron chi connectivity index (χ4n) is 3.14. The SMILES string of the molecule is CNC(CC1CC1)C1CCCc2sccc21. The lowest BCUT2D eigenvalue weighted by Crippen LogP contribution is -2.34. The summed E-state index contributed by atoms with van der Waals surface area (Å²) in [7, 11) is 2.15. The molecule has 0 radical (unpaired) electrons. The molecule has 1 aromatic rings. The molecule has 0 spiro atoms. The molecule has 1 N–H and O–H groups in total. The summed E-state index contributed by atoms with van der Waals surface area (Å²) >= 11 is 1.96. The molecule has 0 bridgehead atoms. The summed E-state index contributed by atoms with van der Waals surface area (Å²) < 4.78 is 0. The number of thiophene rings is 1. The average Bonchev–Trinajstić information content (AvgIpc) is 3.00. The minimum absolute atomic E-state index is 0.723. The van der Waals surface area contributed by atoms with E-state index in [2.05, 4.69) is 23.8 Å². The zero-order chi connectivity index (χ0) is 11.0. The smallest absolute Gasteiger partial charge is 0.0136 e. The molecule has 1 heterocycles. The minimum Gasteiger partial charge on any atom is -0.316 e. The molecular weight excluding hydrogens is 214 g/mol. The van der Waals surface area contributed by atoms with Crippen LogP contribution in [0.15, 0.2) is 11.4 Å². The Morgan fingerprint density at radius 2 is 2.31 bits per heavy atom. The van der Waals surface area contributed by atoms with Gasteiger partial charge in [-0.2, -0.15) is 0 Å². The summed E-state index contributed by atoms with van der Waals surface area (Å²) in [6.45, 7) is 0. The van der Waals surface area contributed by atoms with Crippen LogP contribution in [0.5, 0.6) is 0 Å². The highest BCUT2D eigenvalue weighted by atomic mass is 32.1. The van der Waals surface area contributed by atoms with Crippen LogP contribution in [-0.2, 0) is 6.42 Å². The summed E-state index contributed by atoms with van der Waals surface area (Å²) in [6, 6.07) is 3.10. The van der Waals surface area contributed by atoms with Gasteiger partial charge in [0.2, 0.25) is 0 Å². The lowest BCUT2D eigenvalue weighted by molar-refractivity contribution is 0.381. The number of likely N-dealkylation sites (N-methyl/N-ethyl adjacent to an activating group) is 1. The van der Waals surface area contributed by atoms with Crippen LogP contribution >= 0.6 is 11.3 Å². The van der Waals surface area contributed by atoms with Crippen molar-refractivity contribution in [2.24, 2.45) is 5.92 Å². The van der Waals surface area contributed by atoms with Gasteiger partial charge in [-0.25, -0.2) is 0 Å². The number of aryl methyl sites for hydroxylation is 1. The number of fused-ring (bicyclic) bond motifs is 1. The molecule has 16 heavy (non-hydrogen) atoms. The zero-order valence-electron chi connectivity index (χ0n) is 10.0. The highest BCUT2D eigenvalue weighted by molar-refractivity contribution is 7.10. The molecule has 0 saturated heterocycles. The third-order valence-corrected chi connectivity index (χ3v) is 5.24. The summed E-state index contributed by atoms with van der Waals surface area (Å²) in [6.07, 6.45) is 8.45. The van der Waals surface area contributed by atoms with E-state index in [0.29, 0.717) is 0 Å². The van der Waals surface area contributed by atoms with Gasteiger partial charge in [0.25, 0.3) is 0 Å². The molecule has 2 heteroatoms. The Bertz CT molecular complexity index is 353. The molecule has 2 aliphatic rings. The van der Waals surface area contributed by atoms with Gasteiger partial charge in [0.1, 0.15) is 0 Å². The van der Waals surface area contributed by atoms with Crippen LogP contribution in [0.4, 0.5) is 0 Å². The lowest BCUT2D eigenvalue weighted by atomic mass is 9.81. The average molecular weight is 235 g/mol. The number of hydrogen-bond acceptors (Lipinski definition) is 2. The van der Waals surface area contributed by atoms with Gasteiger partial charge in [0.05, 0.1) is 0 Å². The molecule has 0 aromatic carbocycles. The monoisotopic (exact) mass is 235 g/mol. The fraction of sp³-hybridized carbons (Fsp3) is 0.714. The summed E-state index contributed by atoms with van der Waals surface area (Å²) in [5, 5.41) is 5.86. The van der Waals surface area contributed by atoms with Crippen molar-refractivity contribution in [2.75, 3.05) is 7.05 Å². The minimum atomic E-state index is 0.723. The van der Waals surface area contributed by atoms with Gasteiger partial charge < -0.3 is 5.32 Å². The Morgan fingerprint density at radius 1 is 1.44 bits per heavy atom. The second-order valence-electron chi connectivity index (χ2n) is 5.37. The van der Waals surface area contributed by atoms with Crippen molar-refractivity contribution in [3.63, 3.8) is 0 Å². The van der Waals surface area contributed by atoms with Crippen LogP contribution in [0.3, 0.4) is 0 Å². The Hall–Kier alpha value is -0.340. The van der Waals surface area contributed by atoms with E-state index in [4.69, 9.17) is 0 Å². The first-order chi connectivity index (χ1) is 7.88. The molecular formula is C14H21NS. The third kappa shape index (κ3) is 2.05. The molecule has 2 aliphatic carbocycles. The summed E-state index contributed by atoms with van der Waals surface area (Å²) in [5.74, 6) is 1.82. The number of hydrogen-bond donors (Lipinski definition) is 1. The molecule has 1 nitrogen and oxygen atoms in total. The van der Waals surface area contributed by atoms with Gasteiger partial charge in [-0.05, 0) is 55.7 Å². The van der Waals surface area contributed by atoms with Crippen molar-refractivity contribution >= 4 is 11.3 Å². The van der Waals surface area contributed by atoms with Gasteiger partial charge >= 0.3 is 0 Å². The highest BCUT2D eigenvalue weighted by Crippen LogP contribution is 2.42. The van der Waals surface area contributed by atoms with E-state index in [9.17, 15) is 0 Å². The molecule has 2 atom stereocenters. The van der Waals surface area contributed by atoms with E-state index >= 15 is 0 Å². The van der Waals surface area contributed by atoms with E-state index in [-0.39, 0.29) is 0 Å². The standard InChI is InChI=1S/C14H21NS/c1-15-13(9-10-5-6-10)11-3-2-4-14-12(11)7-8-16-14/h7-8,10-11,13,15H,2-6,9H2,1H3. The first-order valence-electron chi connectivity index (χ1n) is 6.62. The lowest BCUT2D eigenvalue weighted by Gasteiger charge is -2.30. The Labute approximate surface area is 102 Å². The topological polar surface area (TPSA) is 12.0 Å². The van der Waals surface area contributed by atoms with E-state index in [1.807, 2.05) is 11.3 Å². The van der Waals surface area contributed by atoms with Gasteiger partial charge in [-0.1, -0.05) is 12.8 Å². The van der Waals surface area contributed by atoms with Crippen molar-refractivity contribution in [2.45, 2.75) is 50.5 Å². The largest absolute Gasteiger partial charge is 0.316 e. The van der Waals surface area contributed by atoms with E-state index in [1.54, 1.807) is 10.4 Å². The van der Waals surface area contributed by atoms with E-state index in [1.165, 1.54) is 38.5 Å². The number of rotatable bonds is 4. The Morgan fingerprint density at radius 3 is 3.06 bits per heavy atom. The Kier molecular flexibility index (Phi) is 3.03. The van der Waals surface area contributed by atoms with Gasteiger partial charge in [-0.15, -0.1) is 11.3 Å². The number of nitrogens with one attached hydrogen (secondary N) is 1. The predicted octanol–water partition coefficient (Wildman–Crippen LogP) is 3.56. The second kappa shape index (κ2) is 4.50. The van der Waals surface area contributed by atoms with E-state index < -0.39 is 0 Å². The van der Waals surface area contributed by atoms with Crippen LogP contribution < -0.4 is 5.32 Å². The summed E-state index contributed by atoms with van der Waals surface area (Å²) in [5.41, 5.74) is 1.66. The summed E-state index contributed by atoms with van der Waals surface area (Å²) in [4.78, 5) is 1.66. The Balaban J connectivity index is 1.78. The maximum absolute atomic E-state index is 3.58. The normalized spacial score (nSPS) is 26.4. The maximum Gasteiger partial charge on any atom is 0.0136 e. The molecule has 0 amide bonds. The van der Waals surface area contributed by atoms with Crippen LogP contribution in [0.1, 0.15) is 48.5 Å². The first-order valence-corrected chi connectivity index (χ1v) is 7.50. The second-order valence-corrected chi connectivity index (χ2v) is 6.37. The predicted molar refractivity (Wildman–Crippen MR) is 70.2 cm³/mol. The first kappa shape index (κ1) is 10.8. The van der Waals surface area contributed by atoms with Crippen molar-refractivity contribution in [3.8, 4) is 0 Å². The van der Waals surface area contributed by atoms with Crippen LogP contribution in [-0.4, -0.2) is 13.1 Å².